The van der Waals surface area contributed by atoms with Crippen LogP contribution in [0.5, 0.6) is 0 Å². The third-order valence-electron chi connectivity index (χ3n) is 5.30. The molecule has 1 amide bonds. The van der Waals surface area contributed by atoms with Gasteiger partial charge >= 0.3 is 12.4 Å². The zero-order valence-electron chi connectivity index (χ0n) is 19.7. The number of alkyl halides is 6. The molecular weight excluding hydrogens is 520 g/mol. The number of carbonyl (C=O) groups is 1. The molecule has 1 aromatic carbocycles. The summed E-state index contributed by atoms with van der Waals surface area (Å²) in [6.07, 6.45) is -8.11. The molecular formula is C22H19F6N9O. The Bertz CT molecular complexity index is 1310. The average molecular weight is 539 g/mol. The molecule has 0 fully saturated rings. The van der Waals surface area contributed by atoms with Gasteiger partial charge in [0, 0.05) is 30.5 Å². The van der Waals surface area contributed by atoms with Crippen LogP contribution in [-0.2, 0) is 6.18 Å². The topological polar surface area (TPSA) is 132 Å². The molecule has 0 saturated carbocycles. The number of nitrogens with zero attached hydrogens (tertiary/aromatic N) is 7. The van der Waals surface area contributed by atoms with Crippen molar-refractivity contribution < 1.29 is 31.1 Å². The van der Waals surface area contributed by atoms with Crippen molar-refractivity contribution in [1.82, 2.24) is 25.8 Å². The molecule has 3 rings (SSSR count). The lowest BCUT2D eigenvalue weighted by atomic mass is 10.0. The number of carbonyl (C=O) groups excluding carboxylic acids is 1. The summed E-state index contributed by atoms with van der Waals surface area (Å²) in [6.45, 7) is 2.35. The number of halogens is 6. The number of nitriles is 1. The highest BCUT2D eigenvalue weighted by molar-refractivity contribution is 6.03. The second-order valence-corrected chi connectivity index (χ2v) is 7.75. The molecule has 0 radical (unpaired) electrons. The van der Waals surface area contributed by atoms with Gasteiger partial charge in [-0.3, -0.25) is 4.79 Å². The molecule has 2 heterocycles. The van der Waals surface area contributed by atoms with Gasteiger partial charge in [-0.05, 0) is 31.3 Å². The van der Waals surface area contributed by atoms with E-state index in [0.29, 0.717) is 11.3 Å². The number of amides is 1. The molecule has 0 aliphatic carbocycles. The third-order valence-corrected chi connectivity index (χ3v) is 5.30. The monoisotopic (exact) mass is 539 g/mol. The van der Waals surface area contributed by atoms with Gasteiger partial charge < -0.3 is 15.5 Å². The van der Waals surface area contributed by atoms with Crippen molar-refractivity contribution >= 4 is 30.1 Å². The van der Waals surface area contributed by atoms with E-state index in [4.69, 9.17) is 5.26 Å². The maximum absolute atomic E-state index is 13.4. The van der Waals surface area contributed by atoms with E-state index in [1.54, 1.807) is 23.3 Å². The van der Waals surface area contributed by atoms with E-state index in [1.165, 1.54) is 6.07 Å². The van der Waals surface area contributed by atoms with E-state index in [9.17, 15) is 31.1 Å². The summed E-state index contributed by atoms with van der Waals surface area (Å²) in [6, 6.07) is 5.01. The highest BCUT2D eigenvalue weighted by Gasteiger charge is 2.35. The Hall–Kier alpha value is -4.55. The number of hydrogen-bond acceptors (Lipinski definition) is 8. The van der Waals surface area contributed by atoms with Crippen molar-refractivity contribution in [3.63, 3.8) is 0 Å². The lowest BCUT2D eigenvalue weighted by Crippen LogP contribution is -2.37. The number of hydrogen-bond donors (Lipinski definition) is 2. The number of rotatable bonds is 6. The first kappa shape index (κ1) is 28.0. The number of likely N-dealkylation sites (N-methyl/N-ethyl adjacent to an activating group) is 1. The van der Waals surface area contributed by atoms with Crippen molar-refractivity contribution in [2.45, 2.75) is 18.8 Å². The maximum Gasteiger partial charge on any atom is 0.417 e. The summed E-state index contributed by atoms with van der Waals surface area (Å²) in [7, 11) is 1.60. The van der Waals surface area contributed by atoms with Crippen molar-refractivity contribution in [3.8, 4) is 6.07 Å². The van der Waals surface area contributed by atoms with Crippen molar-refractivity contribution in [2.75, 3.05) is 31.6 Å². The smallest absolute Gasteiger partial charge is 0.390 e. The number of aromatic nitrogens is 3. The van der Waals surface area contributed by atoms with Gasteiger partial charge in [0.15, 0.2) is 11.5 Å². The molecule has 10 nitrogen and oxygen atoms in total. The van der Waals surface area contributed by atoms with E-state index < -0.39 is 41.6 Å². The third kappa shape index (κ3) is 6.81. The van der Waals surface area contributed by atoms with Crippen LogP contribution in [0.4, 0.5) is 38.0 Å². The van der Waals surface area contributed by atoms with Crippen LogP contribution in [0.2, 0.25) is 0 Å². The molecule has 1 aliphatic rings. The van der Waals surface area contributed by atoms with E-state index in [2.05, 4.69) is 37.2 Å². The number of aliphatic imine (C=N–C) groups is 2. The Balaban J connectivity index is 1.83. The second-order valence-electron chi connectivity index (χ2n) is 7.75. The molecule has 0 saturated heterocycles. The fraction of sp³-hybridized carbons (Fsp3) is 0.318. The number of anilines is 1. The molecule has 0 bridgehead atoms. The minimum absolute atomic E-state index is 0.0841. The first-order valence-electron chi connectivity index (χ1n) is 10.7. The SMILES string of the molecule is C=NC(=Nc1ncc(C(=O)NCC(F)(F)F)nn1)C1=C(NC)CN(c2ccc(C#N)c(C(F)(F)F)c2)CC1. The van der Waals surface area contributed by atoms with Crippen molar-refractivity contribution in [1.29, 1.82) is 5.26 Å². The molecule has 0 spiro atoms. The summed E-state index contributed by atoms with van der Waals surface area (Å²) in [5.41, 5.74) is -0.569. The largest absolute Gasteiger partial charge is 0.417 e. The molecule has 2 aromatic rings. The molecule has 0 unspecified atom stereocenters. The Morgan fingerprint density at radius 1 is 1.24 bits per heavy atom. The van der Waals surface area contributed by atoms with E-state index in [0.717, 1.165) is 18.3 Å². The highest BCUT2D eigenvalue weighted by atomic mass is 19.4. The van der Waals surface area contributed by atoms with Crippen LogP contribution in [0, 0.1) is 11.3 Å². The van der Waals surface area contributed by atoms with Crippen LogP contribution in [0.15, 0.2) is 45.7 Å². The summed E-state index contributed by atoms with van der Waals surface area (Å²) in [5, 5.41) is 20.8. The Labute approximate surface area is 211 Å². The fourth-order valence-corrected chi connectivity index (χ4v) is 3.51. The predicted molar refractivity (Wildman–Crippen MR) is 124 cm³/mol. The number of amidine groups is 1. The molecule has 200 valence electrons. The highest BCUT2D eigenvalue weighted by Crippen LogP contribution is 2.35. The minimum Gasteiger partial charge on any atom is -0.390 e. The van der Waals surface area contributed by atoms with Crippen LogP contribution < -0.4 is 15.5 Å². The van der Waals surface area contributed by atoms with Crippen molar-refractivity contribution in [3.05, 3.63) is 52.5 Å². The molecule has 1 aliphatic heterocycles. The molecule has 2 N–H and O–H groups in total. The van der Waals surface area contributed by atoms with Crippen LogP contribution in [-0.4, -0.2) is 66.5 Å². The summed E-state index contributed by atoms with van der Waals surface area (Å²) in [4.78, 5) is 25.3. The fourth-order valence-electron chi connectivity index (χ4n) is 3.51. The van der Waals surface area contributed by atoms with Gasteiger partial charge in [-0.15, -0.1) is 10.2 Å². The predicted octanol–water partition coefficient (Wildman–Crippen LogP) is 3.17. The second kappa shape index (κ2) is 11.2. The van der Waals surface area contributed by atoms with E-state index in [-0.39, 0.29) is 37.0 Å². The van der Waals surface area contributed by atoms with Gasteiger partial charge in [0.25, 0.3) is 11.9 Å². The van der Waals surface area contributed by atoms with Gasteiger partial charge in [0.05, 0.1) is 29.9 Å². The van der Waals surface area contributed by atoms with Gasteiger partial charge in [0.1, 0.15) is 6.54 Å². The van der Waals surface area contributed by atoms with Crippen LogP contribution in [0.25, 0.3) is 0 Å². The number of benzene rings is 1. The molecule has 1 aromatic heterocycles. The Morgan fingerprint density at radius 3 is 2.53 bits per heavy atom. The Morgan fingerprint density at radius 2 is 1.97 bits per heavy atom. The van der Waals surface area contributed by atoms with Gasteiger partial charge in [0.2, 0.25) is 0 Å². The van der Waals surface area contributed by atoms with Crippen LogP contribution >= 0.6 is 0 Å². The van der Waals surface area contributed by atoms with E-state index >= 15 is 0 Å². The summed E-state index contributed by atoms with van der Waals surface area (Å²) >= 11 is 0. The molecule has 38 heavy (non-hydrogen) atoms. The van der Waals surface area contributed by atoms with Gasteiger partial charge in [-0.1, -0.05) is 0 Å². The lowest BCUT2D eigenvalue weighted by Gasteiger charge is -2.32. The van der Waals surface area contributed by atoms with Crippen molar-refractivity contribution in [2.24, 2.45) is 9.98 Å². The van der Waals surface area contributed by atoms with Crippen LogP contribution in [0.1, 0.15) is 28.0 Å². The minimum atomic E-state index is -4.70. The normalized spacial score (nSPS) is 14.7. The molecule has 0 atom stereocenters. The summed E-state index contributed by atoms with van der Waals surface area (Å²) < 4.78 is 77.0. The molecule has 16 heteroatoms. The Kier molecular flexibility index (Phi) is 8.29. The standard InChI is InChI=1S/C22H19F6N9O/c1-30-17-10-37(13-4-3-12(8-29)15(7-13)22(26,27)28)6-5-14(17)18(31-2)34-20-32-9-16(35-36-20)19(38)33-11-21(23,24)25/h3-4,7,9,30H,2,5-6,10-11H2,1H3,(H,33,38). The van der Waals surface area contributed by atoms with E-state index in [1.807, 2.05) is 0 Å². The van der Waals surface area contributed by atoms with Gasteiger partial charge in [-0.2, -0.15) is 36.6 Å². The average Bonchev–Trinajstić information content (AvgIpc) is 2.89. The summed E-state index contributed by atoms with van der Waals surface area (Å²) in [5.74, 6) is -1.28. The zero-order chi connectivity index (χ0) is 28.1. The zero-order valence-corrected chi connectivity index (χ0v) is 19.7. The van der Waals surface area contributed by atoms with Crippen LogP contribution in [0.3, 0.4) is 0 Å². The lowest BCUT2D eigenvalue weighted by molar-refractivity contribution is -0.137. The first-order valence-corrected chi connectivity index (χ1v) is 10.7. The maximum atomic E-state index is 13.4. The first-order chi connectivity index (χ1) is 17.9. The number of nitrogens with one attached hydrogen (secondary N) is 2. The van der Waals surface area contributed by atoms with Gasteiger partial charge in [-0.25, -0.2) is 9.98 Å². The quantitative estimate of drug-likeness (QED) is 0.328.